The summed E-state index contributed by atoms with van der Waals surface area (Å²) >= 11 is 0. The number of aromatic nitrogens is 2. The maximum Gasteiger partial charge on any atom is 0.272 e. The maximum atomic E-state index is 13.7. The number of ether oxygens (including phenoxy) is 1. The quantitative estimate of drug-likeness (QED) is 0.658. The monoisotopic (exact) mass is 393 g/mol. The topological polar surface area (TPSA) is 67.0 Å². The van der Waals surface area contributed by atoms with Crippen molar-refractivity contribution in [2.75, 3.05) is 18.5 Å². The summed E-state index contributed by atoms with van der Waals surface area (Å²) in [5.41, 5.74) is 1.14. The van der Waals surface area contributed by atoms with Crippen molar-refractivity contribution in [3.05, 3.63) is 69.9 Å². The highest BCUT2D eigenvalue weighted by molar-refractivity contribution is 5.96. The van der Waals surface area contributed by atoms with Crippen LogP contribution in [-0.4, -0.2) is 29.5 Å². The fraction of sp³-hybridized carbons (Fsp3) is 0.300. The number of benzene rings is 2. The van der Waals surface area contributed by atoms with Crippen molar-refractivity contribution in [3.63, 3.8) is 0 Å². The average molecular weight is 393 g/mol. The lowest BCUT2D eigenvalue weighted by Gasteiger charge is -2.29. The number of hydrogen-bond donors (Lipinski definition) is 2. The van der Waals surface area contributed by atoms with E-state index < -0.39 is 17.5 Å². The van der Waals surface area contributed by atoms with Gasteiger partial charge in [0.15, 0.2) is 0 Å². The molecule has 0 saturated carbocycles. The van der Waals surface area contributed by atoms with Gasteiger partial charge in [-0.1, -0.05) is 6.07 Å². The molecule has 150 valence electrons. The molecule has 1 saturated heterocycles. The van der Waals surface area contributed by atoms with Gasteiger partial charge in [0.1, 0.15) is 17.5 Å². The molecule has 0 amide bonds. The van der Waals surface area contributed by atoms with E-state index in [0.29, 0.717) is 17.0 Å². The van der Waals surface area contributed by atoms with Gasteiger partial charge in [0.25, 0.3) is 5.56 Å². The van der Waals surface area contributed by atoms with Crippen LogP contribution in [0.3, 0.4) is 0 Å². The first-order valence-corrected chi connectivity index (χ1v) is 8.97. The third kappa shape index (κ3) is 3.73. The van der Waals surface area contributed by atoms with E-state index in [1.807, 2.05) is 0 Å². The zero-order chi connectivity index (χ0) is 19.7. The van der Waals surface area contributed by atoms with Gasteiger partial charge < -0.3 is 10.1 Å². The summed E-state index contributed by atoms with van der Waals surface area (Å²) in [5, 5.41) is 11.1. The predicted molar refractivity (Wildman–Crippen MR) is 103 cm³/mol. The number of halogens is 3. The smallest absolute Gasteiger partial charge is 0.272 e. The molecule has 2 atom stereocenters. The molecule has 28 heavy (non-hydrogen) atoms. The Hall–Kier alpha value is -2.87. The Bertz CT molecular complexity index is 1060. The van der Waals surface area contributed by atoms with Crippen LogP contribution in [0.2, 0.25) is 0 Å². The molecule has 2 aliphatic heterocycles. The van der Waals surface area contributed by atoms with Gasteiger partial charge in [-0.3, -0.25) is 4.79 Å². The number of nitrogens with one attached hydrogen (secondary N) is 2. The lowest BCUT2D eigenvalue weighted by atomic mass is 9.89. The van der Waals surface area contributed by atoms with Crippen LogP contribution < -0.4 is 10.9 Å². The average Bonchev–Trinajstić information content (AvgIpc) is 3.19. The molecule has 0 bridgehead atoms. The SMILES string of the molecule is Fc1cccc(F)c1.O=c1[nH]nc2c3c(cc(F)cc13)N[C@H]([C@H]1CCOC1)C2.[HH].[HH]. The lowest BCUT2D eigenvalue weighted by molar-refractivity contribution is 0.182. The van der Waals surface area contributed by atoms with E-state index in [9.17, 15) is 18.0 Å². The van der Waals surface area contributed by atoms with Crippen LogP contribution >= 0.6 is 0 Å². The molecule has 1 fully saturated rings. The van der Waals surface area contributed by atoms with Gasteiger partial charge in [-0.25, -0.2) is 18.3 Å². The van der Waals surface area contributed by atoms with Crippen LogP contribution in [0.1, 0.15) is 15.0 Å². The number of aromatic amines is 1. The second-order valence-electron chi connectivity index (χ2n) is 6.89. The van der Waals surface area contributed by atoms with Gasteiger partial charge in [0.05, 0.1) is 17.7 Å². The van der Waals surface area contributed by atoms with Gasteiger partial charge in [-0.15, -0.1) is 0 Å². The molecular weight excluding hydrogens is 371 g/mol. The Morgan fingerprint density at radius 1 is 1.11 bits per heavy atom. The number of anilines is 1. The summed E-state index contributed by atoms with van der Waals surface area (Å²) in [5.74, 6) is -1.09. The van der Waals surface area contributed by atoms with E-state index in [1.165, 1.54) is 30.3 Å². The van der Waals surface area contributed by atoms with Crippen molar-refractivity contribution in [1.82, 2.24) is 10.2 Å². The van der Waals surface area contributed by atoms with Crippen molar-refractivity contribution < 1.29 is 20.8 Å². The lowest BCUT2D eigenvalue weighted by Crippen LogP contribution is -2.35. The molecule has 2 N–H and O–H groups in total. The molecule has 5 nitrogen and oxygen atoms in total. The van der Waals surface area contributed by atoms with Crippen molar-refractivity contribution in [2.24, 2.45) is 5.92 Å². The fourth-order valence-electron chi connectivity index (χ4n) is 3.67. The molecule has 0 spiro atoms. The first-order chi connectivity index (χ1) is 13.5. The minimum atomic E-state index is -0.537. The minimum Gasteiger partial charge on any atom is -0.381 e. The zero-order valence-corrected chi connectivity index (χ0v) is 14.8. The van der Waals surface area contributed by atoms with E-state index in [-0.39, 0.29) is 14.5 Å². The van der Waals surface area contributed by atoms with Crippen molar-refractivity contribution in [2.45, 2.75) is 18.9 Å². The third-order valence-electron chi connectivity index (χ3n) is 5.00. The molecule has 3 heterocycles. The first kappa shape index (κ1) is 18.5. The van der Waals surface area contributed by atoms with E-state index >= 15 is 0 Å². The van der Waals surface area contributed by atoms with Crippen molar-refractivity contribution in [1.29, 1.82) is 0 Å². The third-order valence-corrected chi connectivity index (χ3v) is 5.00. The van der Waals surface area contributed by atoms with Crippen LogP contribution in [-0.2, 0) is 11.2 Å². The van der Waals surface area contributed by atoms with Crippen LogP contribution in [0.15, 0.2) is 41.2 Å². The Labute approximate surface area is 161 Å². The molecule has 2 aliphatic rings. The minimum absolute atomic E-state index is 0. The molecule has 3 aromatic rings. The Kier molecular flexibility index (Phi) is 5.04. The standard InChI is InChI=1S/C14H14FN3O2.C6H4F2.2H2/c15-8-3-9-13-11(4-8)16-10(7-1-2-20-6-7)5-12(13)17-18-14(9)19;7-5-2-1-3-6(8)4-5;;/h3-4,7,10,16H,1-2,5-6H2,(H,18,19);1-4H;2*1H/t7-,10-;;;/m0.../s1. The van der Waals surface area contributed by atoms with Crippen LogP contribution in [0, 0.1) is 23.4 Å². The number of rotatable bonds is 1. The highest BCUT2D eigenvalue weighted by Gasteiger charge is 2.31. The Balaban J connectivity index is 0.000000275. The molecule has 2 aromatic carbocycles. The van der Waals surface area contributed by atoms with Crippen LogP contribution in [0.4, 0.5) is 18.9 Å². The maximum absolute atomic E-state index is 13.7. The van der Waals surface area contributed by atoms with Crippen LogP contribution in [0.25, 0.3) is 10.8 Å². The highest BCUT2D eigenvalue weighted by atomic mass is 19.1. The van der Waals surface area contributed by atoms with Gasteiger partial charge in [-0.2, -0.15) is 5.10 Å². The summed E-state index contributed by atoms with van der Waals surface area (Å²) in [7, 11) is 0. The molecule has 0 aliphatic carbocycles. The summed E-state index contributed by atoms with van der Waals surface area (Å²) in [6, 6.07) is 7.43. The summed E-state index contributed by atoms with van der Waals surface area (Å²) < 4.78 is 43.0. The number of H-pyrrole nitrogens is 1. The predicted octanol–water partition coefficient (Wildman–Crippen LogP) is 3.89. The summed E-state index contributed by atoms with van der Waals surface area (Å²) in [6.45, 7) is 1.49. The van der Waals surface area contributed by atoms with E-state index in [1.54, 1.807) is 0 Å². The van der Waals surface area contributed by atoms with Crippen molar-refractivity contribution in [3.8, 4) is 0 Å². The van der Waals surface area contributed by atoms with Gasteiger partial charge in [-0.05, 0) is 30.7 Å². The largest absolute Gasteiger partial charge is 0.381 e. The first-order valence-electron chi connectivity index (χ1n) is 8.97. The molecule has 5 rings (SSSR count). The fourth-order valence-corrected chi connectivity index (χ4v) is 3.67. The zero-order valence-electron chi connectivity index (χ0n) is 14.8. The molecule has 0 radical (unpaired) electrons. The van der Waals surface area contributed by atoms with Gasteiger partial charge >= 0.3 is 0 Å². The molecule has 8 heteroatoms. The van der Waals surface area contributed by atoms with E-state index in [0.717, 1.165) is 43.2 Å². The highest BCUT2D eigenvalue weighted by Crippen LogP contribution is 2.34. The second-order valence-corrected chi connectivity index (χ2v) is 6.89. The van der Waals surface area contributed by atoms with E-state index in [2.05, 4.69) is 15.5 Å². The second kappa shape index (κ2) is 7.63. The van der Waals surface area contributed by atoms with Gasteiger partial charge in [0, 0.05) is 45.0 Å². The number of nitrogens with zero attached hydrogens (tertiary/aromatic N) is 1. The van der Waals surface area contributed by atoms with E-state index in [4.69, 9.17) is 4.74 Å². The number of hydrogen-bond acceptors (Lipinski definition) is 4. The molecule has 1 aromatic heterocycles. The summed E-state index contributed by atoms with van der Waals surface area (Å²) in [4.78, 5) is 11.8. The van der Waals surface area contributed by atoms with Crippen molar-refractivity contribution >= 4 is 16.5 Å². The molecular formula is C20H22F3N3O2. The molecule has 0 unspecified atom stereocenters. The normalized spacial score (nSPS) is 20.4. The Morgan fingerprint density at radius 3 is 2.54 bits per heavy atom. The van der Waals surface area contributed by atoms with Gasteiger partial charge in [0.2, 0.25) is 0 Å². The van der Waals surface area contributed by atoms with Crippen LogP contribution in [0.5, 0.6) is 0 Å². The summed E-state index contributed by atoms with van der Waals surface area (Å²) in [6.07, 6.45) is 1.72. The Morgan fingerprint density at radius 2 is 1.89 bits per heavy atom.